The van der Waals surface area contributed by atoms with Crippen molar-refractivity contribution in [3.05, 3.63) is 0 Å². The maximum atomic E-state index is 3.61. The molecule has 0 spiro atoms. The summed E-state index contributed by atoms with van der Waals surface area (Å²) in [5.41, 5.74) is 0. The fraction of sp³-hybridized carbons (Fsp3) is 1.00. The molecule has 0 atom stereocenters. The molecule has 0 aliphatic heterocycles. The number of nitrogens with one attached hydrogen (secondary N) is 1. The second kappa shape index (κ2) is 8.11. The number of rotatable bonds is 7. The van der Waals surface area contributed by atoms with Crippen LogP contribution in [0.15, 0.2) is 0 Å². The van der Waals surface area contributed by atoms with E-state index < -0.39 is 0 Å². The van der Waals surface area contributed by atoms with Crippen molar-refractivity contribution in [1.82, 2.24) is 5.32 Å². The molecule has 0 radical (unpaired) electrons. The summed E-state index contributed by atoms with van der Waals surface area (Å²) in [5, 5.41) is 3.61. The summed E-state index contributed by atoms with van der Waals surface area (Å²) < 4.78 is 0. The molecule has 0 unspecified atom stereocenters. The Labute approximate surface area is 102 Å². The summed E-state index contributed by atoms with van der Waals surface area (Å²) in [6.07, 6.45) is 10.2. The number of hydrogen-bond acceptors (Lipinski definition) is 1. The van der Waals surface area contributed by atoms with Crippen molar-refractivity contribution in [2.45, 2.75) is 65.7 Å². The Morgan fingerprint density at radius 2 is 1.69 bits per heavy atom. The van der Waals surface area contributed by atoms with Gasteiger partial charge in [0.05, 0.1) is 0 Å². The first kappa shape index (κ1) is 14.0. The third-order valence-electron chi connectivity index (χ3n) is 3.92. The van der Waals surface area contributed by atoms with Crippen LogP contribution < -0.4 is 5.32 Å². The Morgan fingerprint density at radius 3 is 2.25 bits per heavy atom. The summed E-state index contributed by atoms with van der Waals surface area (Å²) in [5.74, 6) is 2.82. The van der Waals surface area contributed by atoms with E-state index in [9.17, 15) is 0 Å². The lowest BCUT2D eigenvalue weighted by Crippen LogP contribution is -2.29. The van der Waals surface area contributed by atoms with Gasteiger partial charge in [-0.05, 0) is 43.7 Å². The van der Waals surface area contributed by atoms with Gasteiger partial charge in [-0.2, -0.15) is 0 Å². The Balaban J connectivity index is 2.03. The van der Waals surface area contributed by atoms with Crippen molar-refractivity contribution in [1.29, 1.82) is 0 Å². The van der Waals surface area contributed by atoms with Crippen LogP contribution in [0.1, 0.15) is 65.7 Å². The van der Waals surface area contributed by atoms with E-state index in [0.29, 0.717) is 0 Å². The van der Waals surface area contributed by atoms with Crippen LogP contribution in [0.4, 0.5) is 0 Å². The van der Waals surface area contributed by atoms with Gasteiger partial charge in [0.25, 0.3) is 0 Å². The summed E-state index contributed by atoms with van der Waals surface area (Å²) >= 11 is 0. The molecule has 96 valence electrons. The molecular formula is C15H31N. The van der Waals surface area contributed by atoms with E-state index in [2.05, 4.69) is 26.1 Å². The highest BCUT2D eigenvalue weighted by Crippen LogP contribution is 2.31. The molecule has 1 nitrogen and oxygen atoms in total. The van der Waals surface area contributed by atoms with Crippen molar-refractivity contribution in [2.24, 2.45) is 17.8 Å². The van der Waals surface area contributed by atoms with Crippen LogP contribution in [0.25, 0.3) is 0 Å². The van der Waals surface area contributed by atoms with Gasteiger partial charge in [-0.25, -0.2) is 0 Å². The quantitative estimate of drug-likeness (QED) is 0.684. The fourth-order valence-electron chi connectivity index (χ4n) is 2.79. The summed E-state index contributed by atoms with van der Waals surface area (Å²) in [7, 11) is 0. The lowest BCUT2D eigenvalue weighted by molar-refractivity contribution is 0.252. The van der Waals surface area contributed by atoms with Crippen molar-refractivity contribution < 1.29 is 0 Å². The van der Waals surface area contributed by atoms with Crippen LogP contribution in [-0.4, -0.2) is 13.1 Å². The standard InChI is InChI=1S/C15H31N/c1-4-5-6-14-7-9-15(10-8-14)12-16-11-13(2)3/h13-16H,4-12H2,1-3H3. The number of hydrogen-bond donors (Lipinski definition) is 1. The van der Waals surface area contributed by atoms with Gasteiger partial charge >= 0.3 is 0 Å². The lowest BCUT2D eigenvalue weighted by Gasteiger charge is -2.28. The Hall–Kier alpha value is -0.0400. The SMILES string of the molecule is CCCCC1CCC(CNCC(C)C)CC1. The maximum absolute atomic E-state index is 3.61. The smallest absolute Gasteiger partial charge is 0.00204 e. The molecule has 0 aromatic carbocycles. The van der Waals surface area contributed by atoms with E-state index in [-0.39, 0.29) is 0 Å². The van der Waals surface area contributed by atoms with Gasteiger partial charge < -0.3 is 5.32 Å². The summed E-state index contributed by atoms with van der Waals surface area (Å²) in [4.78, 5) is 0. The van der Waals surface area contributed by atoms with Gasteiger partial charge in [0.2, 0.25) is 0 Å². The van der Waals surface area contributed by atoms with E-state index in [1.165, 1.54) is 58.0 Å². The van der Waals surface area contributed by atoms with Crippen LogP contribution in [0.5, 0.6) is 0 Å². The molecule has 1 aliphatic rings. The monoisotopic (exact) mass is 225 g/mol. The highest BCUT2D eigenvalue weighted by atomic mass is 14.9. The van der Waals surface area contributed by atoms with Crippen LogP contribution in [0.2, 0.25) is 0 Å². The average molecular weight is 225 g/mol. The maximum Gasteiger partial charge on any atom is -0.00204 e. The number of unbranched alkanes of at least 4 members (excludes halogenated alkanes) is 1. The fourth-order valence-corrected chi connectivity index (χ4v) is 2.79. The minimum absolute atomic E-state index is 0.792. The second-order valence-electron chi connectivity index (χ2n) is 6.08. The molecule has 0 bridgehead atoms. The minimum Gasteiger partial charge on any atom is -0.316 e. The Bertz CT molecular complexity index is 157. The Morgan fingerprint density at radius 1 is 1.06 bits per heavy atom. The van der Waals surface area contributed by atoms with Gasteiger partial charge in [0, 0.05) is 0 Å². The van der Waals surface area contributed by atoms with Gasteiger partial charge in [-0.15, -0.1) is 0 Å². The second-order valence-corrected chi connectivity index (χ2v) is 6.08. The lowest BCUT2D eigenvalue weighted by atomic mass is 9.80. The molecule has 0 amide bonds. The molecule has 0 aromatic heterocycles. The van der Waals surface area contributed by atoms with Crippen molar-refractivity contribution in [3.63, 3.8) is 0 Å². The van der Waals surface area contributed by atoms with Crippen LogP contribution in [0, 0.1) is 17.8 Å². The minimum atomic E-state index is 0.792. The van der Waals surface area contributed by atoms with Crippen LogP contribution in [0.3, 0.4) is 0 Å². The predicted octanol–water partition coefficient (Wildman–Crippen LogP) is 4.23. The predicted molar refractivity (Wildman–Crippen MR) is 72.7 cm³/mol. The van der Waals surface area contributed by atoms with Gasteiger partial charge in [0.1, 0.15) is 0 Å². The van der Waals surface area contributed by atoms with Crippen molar-refractivity contribution in [3.8, 4) is 0 Å². The molecule has 16 heavy (non-hydrogen) atoms. The van der Waals surface area contributed by atoms with E-state index in [0.717, 1.165) is 17.8 Å². The molecule has 1 heteroatoms. The largest absolute Gasteiger partial charge is 0.316 e. The highest BCUT2D eigenvalue weighted by Gasteiger charge is 2.20. The van der Waals surface area contributed by atoms with E-state index in [4.69, 9.17) is 0 Å². The molecule has 1 saturated carbocycles. The van der Waals surface area contributed by atoms with E-state index in [1.54, 1.807) is 0 Å². The topological polar surface area (TPSA) is 12.0 Å². The van der Waals surface area contributed by atoms with Gasteiger partial charge in [-0.1, -0.05) is 52.9 Å². The zero-order valence-electron chi connectivity index (χ0n) is 11.6. The zero-order chi connectivity index (χ0) is 11.8. The van der Waals surface area contributed by atoms with Crippen molar-refractivity contribution in [2.75, 3.05) is 13.1 Å². The molecule has 1 N–H and O–H groups in total. The third kappa shape index (κ3) is 5.89. The highest BCUT2D eigenvalue weighted by molar-refractivity contribution is 4.74. The Kier molecular flexibility index (Phi) is 7.11. The molecular weight excluding hydrogens is 194 g/mol. The van der Waals surface area contributed by atoms with Gasteiger partial charge in [0.15, 0.2) is 0 Å². The van der Waals surface area contributed by atoms with E-state index >= 15 is 0 Å². The van der Waals surface area contributed by atoms with Gasteiger partial charge in [-0.3, -0.25) is 0 Å². The first-order valence-electron chi connectivity index (χ1n) is 7.43. The molecule has 0 aromatic rings. The van der Waals surface area contributed by atoms with Crippen LogP contribution in [-0.2, 0) is 0 Å². The first-order valence-corrected chi connectivity index (χ1v) is 7.43. The third-order valence-corrected chi connectivity index (χ3v) is 3.92. The molecule has 0 heterocycles. The first-order chi connectivity index (χ1) is 7.72. The average Bonchev–Trinajstić information content (AvgIpc) is 2.27. The summed E-state index contributed by atoms with van der Waals surface area (Å²) in [6.45, 7) is 9.33. The normalized spacial score (nSPS) is 26.2. The zero-order valence-corrected chi connectivity index (χ0v) is 11.6. The van der Waals surface area contributed by atoms with E-state index in [1.807, 2.05) is 0 Å². The molecule has 1 aliphatic carbocycles. The summed E-state index contributed by atoms with van der Waals surface area (Å²) in [6, 6.07) is 0. The van der Waals surface area contributed by atoms with Crippen molar-refractivity contribution >= 4 is 0 Å². The molecule has 0 saturated heterocycles. The molecule has 1 rings (SSSR count). The van der Waals surface area contributed by atoms with Crippen LogP contribution >= 0.6 is 0 Å². The molecule has 1 fully saturated rings.